The lowest BCUT2D eigenvalue weighted by Crippen LogP contribution is -2.26. The average Bonchev–Trinajstić information content (AvgIpc) is 2.72. The SMILES string of the molecule is CS(=O)(=O)c1c(C(=O)Nc2ccccc2F)ccc2c1C(=O)c1ccccc1C2=O. The summed E-state index contributed by atoms with van der Waals surface area (Å²) in [6.07, 6.45) is 0.848. The molecule has 1 aliphatic carbocycles. The van der Waals surface area contributed by atoms with Gasteiger partial charge in [-0.1, -0.05) is 36.4 Å². The van der Waals surface area contributed by atoms with Gasteiger partial charge in [-0.05, 0) is 24.3 Å². The fourth-order valence-corrected chi connectivity index (χ4v) is 4.61. The minimum Gasteiger partial charge on any atom is -0.319 e. The molecule has 6 nitrogen and oxygen atoms in total. The molecule has 0 unspecified atom stereocenters. The van der Waals surface area contributed by atoms with E-state index in [0.717, 1.165) is 18.4 Å². The number of sulfone groups is 1. The van der Waals surface area contributed by atoms with Gasteiger partial charge < -0.3 is 5.32 Å². The van der Waals surface area contributed by atoms with E-state index < -0.39 is 38.0 Å². The van der Waals surface area contributed by atoms with E-state index in [-0.39, 0.29) is 33.5 Å². The Balaban J connectivity index is 1.93. The number of hydrogen-bond acceptors (Lipinski definition) is 5. The van der Waals surface area contributed by atoms with Gasteiger partial charge in [-0.2, -0.15) is 0 Å². The molecule has 0 atom stereocenters. The van der Waals surface area contributed by atoms with Crippen molar-refractivity contribution in [3.05, 3.63) is 94.3 Å². The Kier molecular flexibility index (Phi) is 4.58. The van der Waals surface area contributed by atoms with Crippen molar-refractivity contribution < 1.29 is 27.2 Å². The Morgan fingerprint density at radius 3 is 2.07 bits per heavy atom. The van der Waals surface area contributed by atoms with E-state index in [2.05, 4.69) is 5.32 Å². The third-order valence-corrected chi connectivity index (χ3v) is 5.95. The molecular weight excluding hydrogens is 409 g/mol. The van der Waals surface area contributed by atoms with Crippen molar-refractivity contribution in [2.75, 3.05) is 11.6 Å². The topological polar surface area (TPSA) is 97.4 Å². The van der Waals surface area contributed by atoms with E-state index in [0.29, 0.717) is 0 Å². The molecule has 30 heavy (non-hydrogen) atoms. The highest BCUT2D eigenvalue weighted by atomic mass is 32.2. The smallest absolute Gasteiger partial charge is 0.257 e. The van der Waals surface area contributed by atoms with Gasteiger partial charge in [0.1, 0.15) is 5.82 Å². The first-order chi connectivity index (χ1) is 14.2. The van der Waals surface area contributed by atoms with Gasteiger partial charge in [-0.3, -0.25) is 14.4 Å². The number of para-hydroxylation sites is 1. The van der Waals surface area contributed by atoms with E-state index in [4.69, 9.17) is 0 Å². The molecule has 0 radical (unpaired) electrons. The van der Waals surface area contributed by atoms with Crippen LogP contribution in [-0.2, 0) is 9.84 Å². The maximum absolute atomic E-state index is 13.9. The zero-order valence-corrected chi connectivity index (χ0v) is 16.4. The number of ketones is 2. The lowest BCUT2D eigenvalue weighted by Gasteiger charge is -2.21. The average molecular weight is 423 g/mol. The Morgan fingerprint density at radius 2 is 1.43 bits per heavy atom. The van der Waals surface area contributed by atoms with Crippen LogP contribution < -0.4 is 5.32 Å². The quantitative estimate of drug-likeness (QED) is 0.546. The van der Waals surface area contributed by atoms with Crippen LogP contribution in [0.5, 0.6) is 0 Å². The standard InChI is InChI=1S/C22H14FNO5S/c1-30(28,29)21-15(22(27)24-17-9-5-4-8-16(17)23)11-10-14-18(21)20(26)13-7-3-2-6-12(13)19(14)25/h2-11H,1H3,(H,24,27). The second kappa shape index (κ2) is 7.00. The van der Waals surface area contributed by atoms with E-state index in [1.165, 1.54) is 36.4 Å². The molecule has 4 rings (SSSR count). The highest BCUT2D eigenvalue weighted by Gasteiger charge is 2.36. The predicted octanol–water partition coefficient (Wildman–Crippen LogP) is 3.26. The number of halogens is 1. The number of amides is 1. The normalized spacial score (nSPS) is 12.9. The van der Waals surface area contributed by atoms with Crippen LogP contribution in [0.25, 0.3) is 0 Å². The fraction of sp³-hybridized carbons (Fsp3) is 0.0455. The summed E-state index contributed by atoms with van der Waals surface area (Å²) >= 11 is 0. The number of benzene rings is 3. The van der Waals surface area contributed by atoms with Gasteiger partial charge in [-0.15, -0.1) is 0 Å². The van der Waals surface area contributed by atoms with Crippen molar-refractivity contribution in [1.82, 2.24) is 0 Å². The Morgan fingerprint density at radius 1 is 0.833 bits per heavy atom. The summed E-state index contributed by atoms with van der Waals surface area (Å²) in [7, 11) is -4.11. The lowest BCUT2D eigenvalue weighted by molar-refractivity contribution is 0.0974. The van der Waals surface area contributed by atoms with Crippen molar-refractivity contribution in [2.45, 2.75) is 4.90 Å². The summed E-state index contributed by atoms with van der Waals surface area (Å²) in [6, 6.07) is 13.9. The molecule has 3 aromatic rings. The summed E-state index contributed by atoms with van der Waals surface area (Å²) in [5.74, 6) is -2.79. The first-order valence-corrected chi connectivity index (χ1v) is 10.7. The van der Waals surface area contributed by atoms with Gasteiger partial charge in [0, 0.05) is 22.9 Å². The van der Waals surface area contributed by atoms with Crippen LogP contribution in [-0.4, -0.2) is 32.1 Å². The maximum atomic E-state index is 13.9. The van der Waals surface area contributed by atoms with Crippen LogP contribution in [0, 0.1) is 5.82 Å². The van der Waals surface area contributed by atoms with Gasteiger partial charge in [0.2, 0.25) is 0 Å². The largest absolute Gasteiger partial charge is 0.319 e. The Labute approximate surface area is 171 Å². The first kappa shape index (κ1) is 19.7. The van der Waals surface area contributed by atoms with Crippen molar-refractivity contribution >= 4 is 33.0 Å². The number of rotatable bonds is 3. The molecule has 1 amide bonds. The molecule has 0 saturated carbocycles. The highest BCUT2D eigenvalue weighted by Crippen LogP contribution is 2.34. The van der Waals surface area contributed by atoms with Crippen LogP contribution >= 0.6 is 0 Å². The van der Waals surface area contributed by atoms with Crippen LogP contribution in [0.1, 0.15) is 42.2 Å². The van der Waals surface area contributed by atoms with E-state index in [9.17, 15) is 27.2 Å². The summed E-state index contributed by atoms with van der Waals surface area (Å²) < 4.78 is 39.1. The third-order valence-electron chi connectivity index (χ3n) is 4.78. The van der Waals surface area contributed by atoms with Crippen molar-refractivity contribution in [2.24, 2.45) is 0 Å². The minimum absolute atomic E-state index is 0.0616. The zero-order chi connectivity index (χ0) is 21.6. The van der Waals surface area contributed by atoms with Gasteiger partial charge in [-0.25, -0.2) is 12.8 Å². The number of fused-ring (bicyclic) bond motifs is 2. The predicted molar refractivity (Wildman–Crippen MR) is 107 cm³/mol. The van der Waals surface area contributed by atoms with Crippen LogP contribution in [0.15, 0.2) is 65.6 Å². The molecule has 1 aliphatic rings. The number of hydrogen-bond donors (Lipinski definition) is 1. The zero-order valence-electron chi connectivity index (χ0n) is 15.6. The monoisotopic (exact) mass is 423 g/mol. The van der Waals surface area contributed by atoms with Gasteiger partial charge in [0.15, 0.2) is 21.4 Å². The molecule has 0 aromatic heterocycles. The van der Waals surface area contributed by atoms with Crippen LogP contribution in [0.4, 0.5) is 10.1 Å². The van der Waals surface area contributed by atoms with Gasteiger partial charge >= 0.3 is 0 Å². The highest BCUT2D eigenvalue weighted by molar-refractivity contribution is 7.90. The Hall–Kier alpha value is -3.65. The Bertz CT molecular complexity index is 1360. The second-order valence-corrected chi connectivity index (χ2v) is 8.73. The first-order valence-electron chi connectivity index (χ1n) is 8.81. The summed E-state index contributed by atoms with van der Waals surface area (Å²) in [5, 5.41) is 2.32. The molecule has 0 fully saturated rings. The number of nitrogens with one attached hydrogen (secondary N) is 1. The maximum Gasteiger partial charge on any atom is 0.257 e. The van der Waals surface area contributed by atoms with Crippen LogP contribution in [0.2, 0.25) is 0 Å². The molecule has 3 aromatic carbocycles. The van der Waals surface area contributed by atoms with Gasteiger partial charge in [0.05, 0.1) is 21.7 Å². The molecule has 0 saturated heterocycles. The minimum atomic E-state index is -4.11. The van der Waals surface area contributed by atoms with Crippen LogP contribution in [0.3, 0.4) is 0 Å². The van der Waals surface area contributed by atoms with Crippen molar-refractivity contribution in [3.8, 4) is 0 Å². The summed E-state index contributed by atoms with van der Waals surface area (Å²) in [6.45, 7) is 0. The number of carbonyl (C=O) groups excluding carboxylic acids is 3. The molecule has 0 spiro atoms. The molecule has 8 heteroatoms. The molecular formula is C22H14FNO5S. The van der Waals surface area contributed by atoms with Crippen molar-refractivity contribution in [1.29, 1.82) is 0 Å². The number of anilines is 1. The number of carbonyl (C=O) groups is 3. The van der Waals surface area contributed by atoms with Crippen molar-refractivity contribution in [3.63, 3.8) is 0 Å². The lowest BCUT2D eigenvalue weighted by atomic mass is 9.83. The summed E-state index contributed by atoms with van der Waals surface area (Å²) in [5.41, 5.74) is -0.707. The third kappa shape index (κ3) is 3.11. The fourth-order valence-electron chi connectivity index (χ4n) is 3.47. The molecule has 150 valence electrons. The second-order valence-electron chi connectivity index (χ2n) is 6.77. The molecule has 1 N–H and O–H groups in total. The van der Waals surface area contributed by atoms with Gasteiger partial charge in [0.25, 0.3) is 5.91 Å². The van der Waals surface area contributed by atoms with E-state index >= 15 is 0 Å². The van der Waals surface area contributed by atoms with E-state index in [1.54, 1.807) is 12.1 Å². The molecule has 0 aliphatic heterocycles. The molecule has 0 bridgehead atoms. The summed E-state index contributed by atoms with van der Waals surface area (Å²) in [4.78, 5) is 38.2. The van der Waals surface area contributed by atoms with E-state index in [1.807, 2.05) is 0 Å². The molecule has 0 heterocycles.